The van der Waals surface area contributed by atoms with Gasteiger partial charge in [-0.1, -0.05) is 93.1 Å². The second-order valence-corrected chi connectivity index (χ2v) is 7.96. The zero-order valence-corrected chi connectivity index (χ0v) is 18.4. The normalized spacial score (nSPS) is 22.1. The van der Waals surface area contributed by atoms with E-state index in [-0.39, 0.29) is 5.92 Å². The Morgan fingerprint density at radius 1 is 0.966 bits per heavy atom. The van der Waals surface area contributed by atoms with E-state index in [0.29, 0.717) is 0 Å². The van der Waals surface area contributed by atoms with Gasteiger partial charge in [0.1, 0.15) is 0 Å². The van der Waals surface area contributed by atoms with Gasteiger partial charge in [-0.05, 0) is 54.7 Å². The Morgan fingerprint density at radius 2 is 1.69 bits per heavy atom. The molecule has 1 atom stereocenters. The zero-order chi connectivity index (χ0) is 21.2. The summed E-state index contributed by atoms with van der Waals surface area (Å²) >= 11 is 1.53. The lowest BCUT2D eigenvalue weighted by atomic mass is 10.00. The summed E-state index contributed by atoms with van der Waals surface area (Å²) in [7, 11) is 0. The Hall–Kier alpha value is -2.84. The standard InChI is InChI=1S/C27H29NS/c1-7-11-24-15-16-26(19-25(24)12-8-2)27-23(6)29-22(5)14-10-9-13-20(3)21(4)17-18-28-27/h7-20H,4-6H2,1-3H3/b11-7-,12-8-,13-9-,14-10-,18-17-,28-27?. The summed E-state index contributed by atoms with van der Waals surface area (Å²) < 4.78 is 0. The minimum atomic E-state index is 0.237. The summed E-state index contributed by atoms with van der Waals surface area (Å²) in [5.74, 6) is 0.237. The molecular formula is C27H29NS. The van der Waals surface area contributed by atoms with Gasteiger partial charge in [0.05, 0.1) is 5.71 Å². The molecule has 0 aromatic heterocycles. The van der Waals surface area contributed by atoms with Crippen LogP contribution in [0.2, 0.25) is 0 Å². The van der Waals surface area contributed by atoms with Crippen LogP contribution in [0.25, 0.3) is 12.2 Å². The van der Waals surface area contributed by atoms with E-state index in [4.69, 9.17) is 4.99 Å². The predicted molar refractivity (Wildman–Crippen MR) is 134 cm³/mol. The largest absolute Gasteiger partial charge is 0.255 e. The Morgan fingerprint density at radius 3 is 2.41 bits per heavy atom. The third kappa shape index (κ3) is 6.62. The third-order valence-corrected chi connectivity index (χ3v) is 5.28. The Labute approximate surface area is 180 Å². The minimum absolute atomic E-state index is 0.237. The summed E-state index contributed by atoms with van der Waals surface area (Å²) in [4.78, 5) is 6.53. The van der Waals surface area contributed by atoms with Gasteiger partial charge in [0.15, 0.2) is 0 Å². The Balaban J connectivity index is 2.54. The molecule has 1 nitrogen and oxygen atoms in total. The number of allylic oxidation sites excluding steroid dienone is 9. The number of hydrogen-bond acceptors (Lipinski definition) is 2. The van der Waals surface area contributed by atoms with Gasteiger partial charge in [-0.25, -0.2) is 0 Å². The fourth-order valence-corrected chi connectivity index (χ4v) is 3.53. The molecule has 0 bridgehead atoms. The van der Waals surface area contributed by atoms with Crippen molar-refractivity contribution in [1.29, 1.82) is 0 Å². The molecule has 1 aliphatic rings. The Bertz CT molecular complexity index is 964. The highest BCUT2D eigenvalue weighted by atomic mass is 32.2. The van der Waals surface area contributed by atoms with E-state index in [1.54, 1.807) is 0 Å². The first-order valence-corrected chi connectivity index (χ1v) is 10.5. The van der Waals surface area contributed by atoms with E-state index in [1.165, 1.54) is 17.3 Å². The first kappa shape index (κ1) is 22.4. The van der Waals surface area contributed by atoms with Gasteiger partial charge >= 0.3 is 0 Å². The lowest BCUT2D eigenvalue weighted by Crippen LogP contribution is -2.03. The van der Waals surface area contributed by atoms with Crippen LogP contribution in [-0.2, 0) is 0 Å². The number of nitrogens with zero attached hydrogens (tertiary/aromatic N) is 1. The van der Waals surface area contributed by atoms with Crippen LogP contribution in [0.1, 0.15) is 37.5 Å². The smallest absolute Gasteiger partial charge is 0.0835 e. The summed E-state index contributed by atoms with van der Waals surface area (Å²) in [6.45, 7) is 18.7. The van der Waals surface area contributed by atoms with E-state index in [9.17, 15) is 0 Å². The predicted octanol–water partition coefficient (Wildman–Crippen LogP) is 8.13. The zero-order valence-electron chi connectivity index (χ0n) is 17.6. The SMILES string of the molecule is C=C1/C=C\C=C/C(C)C(=C)/C=C\N=C(c2ccc(/C=C\C)c(/C=C\C)c2)C(=C)S1. The van der Waals surface area contributed by atoms with Crippen LogP contribution in [0.5, 0.6) is 0 Å². The minimum Gasteiger partial charge on any atom is -0.255 e. The van der Waals surface area contributed by atoms with Gasteiger partial charge in [-0.2, -0.15) is 0 Å². The molecule has 2 rings (SSSR count). The van der Waals surface area contributed by atoms with E-state index in [1.807, 2.05) is 56.5 Å². The molecule has 0 saturated heterocycles. The fraction of sp³-hybridized carbons (Fsp3) is 0.148. The summed E-state index contributed by atoms with van der Waals surface area (Å²) in [5, 5.41) is 0. The van der Waals surface area contributed by atoms with Gasteiger partial charge in [0.25, 0.3) is 0 Å². The summed E-state index contributed by atoms with van der Waals surface area (Å²) in [5.41, 5.74) is 5.20. The van der Waals surface area contributed by atoms with Crippen molar-refractivity contribution in [2.24, 2.45) is 10.9 Å². The second-order valence-electron chi connectivity index (χ2n) is 6.74. The van der Waals surface area contributed by atoms with Crippen molar-refractivity contribution in [3.05, 3.63) is 119 Å². The molecule has 0 amide bonds. The molecule has 1 aromatic carbocycles. The van der Waals surface area contributed by atoms with Crippen molar-refractivity contribution in [2.45, 2.75) is 20.8 Å². The second kappa shape index (κ2) is 11.2. The molecule has 1 aliphatic heterocycles. The molecule has 2 heteroatoms. The fourth-order valence-electron chi connectivity index (χ4n) is 2.80. The Kier molecular flexibility index (Phi) is 8.69. The van der Waals surface area contributed by atoms with Crippen LogP contribution in [0, 0.1) is 5.92 Å². The molecule has 0 aliphatic carbocycles. The topological polar surface area (TPSA) is 12.4 Å². The van der Waals surface area contributed by atoms with Gasteiger partial charge in [0.2, 0.25) is 0 Å². The molecule has 0 N–H and O–H groups in total. The first-order chi connectivity index (χ1) is 14.0. The quantitative estimate of drug-likeness (QED) is 0.499. The van der Waals surface area contributed by atoms with Gasteiger partial charge in [-0.15, -0.1) is 0 Å². The number of aliphatic imine (C=N–C) groups is 1. The maximum atomic E-state index is 4.76. The van der Waals surface area contributed by atoms with E-state index in [0.717, 1.165) is 32.2 Å². The van der Waals surface area contributed by atoms with Crippen molar-refractivity contribution < 1.29 is 0 Å². The number of benzene rings is 1. The van der Waals surface area contributed by atoms with Crippen molar-refractivity contribution in [1.82, 2.24) is 0 Å². The van der Waals surface area contributed by atoms with E-state index >= 15 is 0 Å². The van der Waals surface area contributed by atoms with Crippen molar-refractivity contribution >= 4 is 29.6 Å². The van der Waals surface area contributed by atoms with Gasteiger partial charge < -0.3 is 0 Å². The monoisotopic (exact) mass is 399 g/mol. The summed E-state index contributed by atoms with van der Waals surface area (Å²) in [6, 6.07) is 6.37. The van der Waals surface area contributed by atoms with Crippen LogP contribution in [0.4, 0.5) is 0 Å². The maximum Gasteiger partial charge on any atom is 0.0835 e. The molecule has 1 unspecified atom stereocenters. The van der Waals surface area contributed by atoms with Crippen LogP contribution in [0.15, 0.2) is 107 Å². The lowest BCUT2D eigenvalue weighted by molar-refractivity contribution is 0.895. The van der Waals surface area contributed by atoms with Crippen molar-refractivity contribution in [3.63, 3.8) is 0 Å². The average molecular weight is 400 g/mol. The molecule has 0 saturated carbocycles. The number of thioether (sulfide) groups is 1. The van der Waals surface area contributed by atoms with Crippen LogP contribution in [-0.4, -0.2) is 5.71 Å². The van der Waals surface area contributed by atoms with E-state index < -0.39 is 0 Å². The number of rotatable bonds is 3. The molecule has 148 valence electrons. The van der Waals surface area contributed by atoms with Crippen LogP contribution >= 0.6 is 11.8 Å². The van der Waals surface area contributed by atoms with Crippen LogP contribution < -0.4 is 0 Å². The van der Waals surface area contributed by atoms with Gasteiger partial charge in [0, 0.05) is 21.6 Å². The highest BCUT2D eigenvalue weighted by molar-refractivity contribution is 8.07. The molecule has 0 fully saturated rings. The first-order valence-electron chi connectivity index (χ1n) is 9.70. The van der Waals surface area contributed by atoms with E-state index in [2.05, 4.69) is 63.1 Å². The van der Waals surface area contributed by atoms with Crippen LogP contribution in [0.3, 0.4) is 0 Å². The van der Waals surface area contributed by atoms with Gasteiger partial charge in [-0.3, -0.25) is 4.99 Å². The lowest BCUT2D eigenvalue weighted by Gasteiger charge is -2.12. The number of hydrogen-bond donors (Lipinski definition) is 0. The molecule has 1 aromatic rings. The average Bonchev–Trinajstić information content (AvgIpc) is 2.70. The maximum absolute atomic E-state index is 4.76. The molecule has 29 heavy (non-hydrogen) atoms. The highest BCUT2D eigenvalue weighted by Crippen LogP contribution is 2.29. The molecular weight excluding hydrogens is 370 g/mol. The van der Waals surface area contributed by atoms with Crippen molar-refractivity contribution in [2.75, 3.05) is 0 Å². The highest BCUT2D eigenvalue weighted by Gasteiger charge is 2.11. The molecule has 1 heterocycles. The van der Waals surface area contributed by atoms with Crippen molar-refractivity contribution in [3.8, 4) is 0 Å². The summed E-state index contributed by atoms with van der Waals surface area (Å²) in [6.07, 6.45) is 20.2. The molecule has 0 spiro atoms. The third-order valence-electron chi connectivity index (χ3n) is 4.44. The molecule has 0 radical (unpaired) electrons.